The van der Waals surface area contributed by atoms with Gasteiger partial charge in [0.1, 0.15) is 17.1 Å². The summed E-state index contributed by atoms with van der Waals surface area (Å²) in [5.41, 5.74) is 3.08. The van der Waals surface area contributed by atoms with Crippen LogP contribution < -0.4 is 9.64 Å². The molecule has 6 nitrogen and oxygen atoms in total. The maximum absolute atomic E-state index is 12.8. The van der Waals surface area contributed by atoms with Crippen molar-refractivity contribution in [1.29, 1.82) is 0 Å². The number of hydrogen-bond acceptors (Lipinski definition) is 4. The first-order chi connectivity index (χ1) is 12.5. The fraction of sp³-hybridized carbons (Fsp3) is 0.250. The van der Waals surface area contributed by atoms with Gasteiger partial charge in [-0.1, -0.05) is 12.0 Å². The largest absolute Gasteiger partial charge is 0.489 e. The van der Waals surface area contributed by atoms with Crippen LogP contribution in [0.25, 0.3) is 11.0 Å². The highest BCUT2D eigenvalue weighted by Gasteiger charge is 2.23. The van der Waals surface area contributed by atoms with Crippen LogP contribution in [0.5, 0.6) is 5.75 Å². The van der Waals surface area contributed by atoms with E-state index >= 15 is 0 Å². The molecule has 0 aliphatic heterocycles. The zero-order valence-electron chi connectivity index (χ0n) is 15.2. The van der Waals surface area contributed by atoms with Crippen molar-refractivity contribution in [3.63, 3.8) is 0 Å². The summed E-state index contributed by atoms with van der Waals surface area (Å²) in [6, 6.07) is 9.30. The lowest BCUT2D eigenvalue weighted by Crippen LogP contribution is -2.26. The zero-order valence-corrected chi connectivity index (χ0v) is 15.2. The first kappa shape index (κ1) is 17.5. The van der Waals surface area contributed by atoms with Crippen molar-refractivity contribution in [2.24, 2.45) is 0 Å². The summed E-state index contributed by atoms with van der Waals surface area (Å²) in [5.74, 6) is 5.96. The highest BCUT2D eigenvalue weighted by molar-refractivity contribution is 6.11. The first-order valence-electron chi connectivity index (χ1n) is 8.34. The maximum atomic E-state index is 12.8. The van der Waals surface area contributed by atoms with Gasteiger partial charge in [-0.25, -0.2) is 9.88 Å². The van der Waals surface area contributed by atoms with Crippen molar-refractivity contribution in [2.75, 3.05) is 4.90 Å². The smallest absolute Gasteiger partial charge is 0.308 e. The number of rotatable bonds is 4. The van der Waals surface area contributed by atoms with Crippen LogP contribution in [0.2, 0.25) is 0 Å². The van der Waals surface area contributed by atoms with Gasteiger partial charge >= 0.3 is 5.91 Å². The summed E-state index contributed by atoms with van der Waals surface area (Å²) < 4.78 is 5.92. The number of fused-ring (bicyclic) bond motifs is 1. The average Bonchev–Trinajstić information content (AvgIpc) is 3.05. The molecule has 0 aliphatic rings. The minimum absolute atomic E-state index is 0.0324. The van der Waals surface area contributed by atoms with Crippen molar-refractivity contribution < 1.29 is 9.53 Å². The number of carbonyl (C=O) groups excluding carboxylic acids is 1. The Labute approximate surface area is 152 Å². The molecule has 0 unspecified atom stereocenters. The molecule has 3 aromatic rings. The molecule has 1 amide bonds. The molecule has 132 valence electrons. The molecule has 3 rings (SSSR count). The van der Waals surface area contributed by atoms with E-state index in [0.717, 1.165) is 11.1 Å². The van der Waals surface area contributed by atoms with E-state index < -0.39 is 0 Å². The third-order valence-corrected chi connectivity index (χ3v) is 3.66. The zero-order chi connectivity index (χ0) is 18.7. The molecular formula is C20H20N4O2. The Morgan fingerprint density at radius 3 is 2.81 bits per heavy atom. The third kappa shape index (κ3) is 3.52. The molecule has 0 spiro atoms. The van der Waals surface area contributed by atoms with E-state index in [1.807, 2.05) is 45.0 Å². The van der Waals surface area contributed by atoms with Gasteiger partial charge in [-0.15, -0.1) is 0 Å². The van der Waals surface area contributed by atoms with Crippen LogP contribution in [0.15, 0.2) is 36.5 Å². The SMILES string of the molecule is CC#CC(=O)N(c1ccc2[nH]ncc2n1)c1cc(C)ccc1OC(C)C. The molecule has 1 N–H and O–H groups in total. The standard InChI is InChI=1S/C20H20N4O2/c1-5-6-20(25)24(19-10-8-15-16(22-19)12-21-23-15)17-11-14(4)7-9-18(17)26-13(2)3/h7-13H,1-4H3,(H,21,23). The number of ether oxygens (including phenoxy) is 1. The Morgan fingerprint density at radius 1 is 1.27 bits per heavy atom. The van der Waals surface area contributed by atoms with Crippen molar-refractivity contribution in [3.05, 3.63) is 42.1 Å². The van der Waals surface area contributed by atoms with Crippen molar-refractivity contribution in [3.8, 4) is 17.6 Å². The van der Waals surface area contributed by atoms with Gasteiger partial charge in [0, 0.05) is 0 Å². The maximum Gasteiger partial charge on any atom is 0.308 e. The van der Waals surface area contributed by atoms with Gasteiger partial charge in [0.15, 0.2) is 0 Å². The number of benzene rings is 1. The summed E-state index contributed by atoms with van der Waals surface area (Å²) in [6.07, 6.45) is 1.59. The number of amides is 1. The van der Waals surface area contributed by atoms with Crippen LogP contribution in [0.4, 0.5) is 11.5 Å². The van der Waals surface area contributed by atoms with Crippen LogP contribution >= 0.6 is 0 Å². The number of H-pyrrole nitrogens is 1. The highest BCUT2D eigenvalue weighted by Crippen LogP contribution is 2.35. The lowest BCUT2D eigenvalue weighted by molar-refractivity contribution is -0.112. The van der Waals surface area contributed by atoms with Gasteiger partial charge in [0.25, 0.3) is 0 Å². The number of nitrogens with one attached hydrogen (secondary N) is 1. The topological polar surface area (TPSA) is 71.1 Å². The lowest BCUT2D eigenvalue weighted by atomic mass is 10.1. The van der Waals surface area contributed by atoms with Gasteiger partial charge in [-0.2, -0.15) is 5.10 Å². The Balaban J connectivity index is 2.19. The number of aromatic nitrogens is 3. The molecular weight excluding hydrogens is 328 g/mol. The summed E-state index contributed by atoms with van der Waals surface area (Å²) >= 11 is 0. The van der Waals surface area contributed by atoms with Gasteiger partial charge in [-0.3, -0.25) is 9.89 Å². The quantitative estimate of drug-likeness (QED) is 0.729. The predicted octanol–water partition coefficient (Wildman–Crippen LogP) is 3.74. The van der Waals surface area contributed by atoms with Crippen LogP contribution in [-0.4, -0.2) is 27.2 Å². The molecule has 2 aromatic heterocycles. The van der Waals surface area contributed by atoms with Gasteiger partial charge < -0.3 is 4.74 Å². The Bertz CT molecular complexity index is 1010. The van der Waals surface area contributed by atoms with Crippen molar-refractivity contribution >= 4 is 28.4 Å². The minimum Gasteiger partial charge on any atom is -0.489 e. The second-order valence-electron chi connectivity index (χ2n) is 6.13. The third-order valence-electron chi connectivity index (χ3n) is 3.66. The number of aryl methyl sites for hydroxylation is 1. The number of aromatic amines is 1. The normalized spacial score (nSPS) is 10.5. The molecule has 0 saturated carbocycles. The molecule has 0 aliphatic carbocycles. The molecule has 0 saturated heterocycles. The van der Waals surface area contributed by atoms with Crippen molar-refractivity contribution in [1.82, 2.24) is 15.2 Å². The highest BCUT2D eigenvalue weighted by atomic mass is 16.5. The van der Waals surface area contributed by atoms with Gasteiger partial charge in [0.05, 0.1) is 23.5 Å². The molecule has 0 fully saturated rings. The van der Waals surface area contributed by atoms with E-state index in [9.17, 15) is 4.79 Å². The molecule has 1 aromatic carbocycles. The Morgan fingerprint density at radius 2 is 2.08 bits per heavy atom. The van der Waals surface area contributed by atoms with E-state index in [2.05, 4.69) is 27.0 Å². The molecule has 6 heteroatoms. The summed E-state index contributed by atoms with van der Waals surface area (Å²) in [4.78, 5) is 18.8. The van der Waals surface area contributed by atoms with Gasteiger partial charge in [-0.05, 0) is 63.4 Å². The van der Waals surface area contributed by atoms with Gasteiger partial charge in [0.2, 0.25) is 0 Å². The molecule has 0 bridgehead atoms. The fourth-order valence-corrected chi connectivity index (χ4v) is 2.60. The molecule has 26 heavy (non-hydrogen) atoms. The van der Waals surface area contributed by atoms with Crippen molar-refractivity contribution in [2.45, 2.75) is 33.8 Å². The molecule has 0 atom stereocenters. The van der Waals surface area contributed by atoms with E-state index in [1.54, 1.807) is 19.2 Å². The second kappa shape index (κ2) is 7.28. The second-order valence-corrected chi connectivity index (χ2v) is 6.13. The Kier molecular flexibility index (Phi) is 4.90. The Hall–Kier alpha value is -3.33. The van der Waals surface area contributed by atoms with Crippen LogP contribution in [-0.2, 0) is 4.79 Å². The van der Waals surface area contributed by atoms with Crippen LogP contribution in [0.1, 0.15) is 26.3 Å². The number of nitrogens with zero attached hydrogens (tertiary/aromatic N) is 3. The number of carbonyl (C=O) groups is 1. The average molecular weight is 348 g/mol. The predicted molar refractivity (Wildman–Crippen MR) is 101 cm³/mol. The lowest BCUT2D eigenvalue weighted by Gasteiger charge is -2.24. The molecule has 2 heterocycles. The van der Waals surface area contributed by atoms with E-state index in [4.69, 9.17) is 4.74 Å². The van der Waals surface area contributed by atoms with Crippen LogP contribution in [0, 0.1) is 18.8 Å². The summed E-state index contributed by atoms with van der Waals surface area (Å²) in [7, 11) is 0. The monoisotopic (exact) mass is 348 g/mol. The number of pyridine rings is 1. The van der Waals surface area contributed by atoms with Crippen LogP contribution in [0.3, 0.4) is 0 Å². The van der Waals surface area contributed by atoms with E-state index in [1.165, 1.54) is 4.90 Å². The first-order valence-corrected chi connectivity index (χ1v) is 8.34. The number of anilines is 2. The number of hydrogen-bond donors (Lipinski definition) is 1. The molecule has 0 radical (unpaired) electrons. The summed E-state index contributed by atoms with van der Waals surface area (Å²) in [5, 5.41) is 6.84. The minimum atomic E-state index is -0.373. The summed E-state index contributed by atoms with van der Waals surface area (Å²) in [6.45, 7) is 7.48. The fourth-order valence-electron chi connectivity index (χ4n) is 2.60. The van der Waals surface area contributed by atoms with E-state index in [0.29, 0.717) is 22.8 Å². The van der Waals surface area contributed by atoms with E-state index in [-0.39, 0.29) is 12.0 Å².